The summed E-state index contributed by atoms with van der Waals surface area (Å²) in [6.07, 6.45) is 1.56. The second kappa shape index (κ2) is 9.81. The van der Waals surface area contributed by atoms with Gasteiger partial charge in [0.1, 0.15) is 0 Å². The Morgan fingerprint density at radius 3 is 2.44 bits per heavy atom. The van der Waals surface area contributed by atoms with Crippen LogP contribution in [0.25, 0.3) is 0 Å². The van der Waals surface area contributed by atoms with Crippen molar-refractivity contribution in [1.82, 2.24) is 10.7 Å². The molecule has 0 unspecified atom stereocenters. The first-order chi connectivity index (χ1) is 12.0. The van der Waals surface area contributed by atoms with Gasteiger partial charge in [0.25, 0.3) is 0 Å². The lowest BCUT2D eigenvalue weighted by atomic mass is 10.2. The second-order valence-corrected chi connectivity index (χ2v) is 6.06. The molecule has 0 spiro atoms. The van der Waals surface area contributed by atoms with Crippen LogP contribution in [-0.4, -0.2) is 18.0 Å². The lowest BCUT2D eigenvalue weighted by Crippen LogP contribution is -2.25. The molecular weight excluding hydrogens is 361 g/mol. The lowest BCUT2D eigenvalue weighted by molar-refractivity contribution is -0.126. The zero-order valence-electron chi connectivity index (χ0n) is 13.3. The summed E-state index contributed by atoms with van der Waals surface area (Å²) in [6, 6.07) is 14.5. The largest absolute Gasteiger partial charge is 0.352 e. The third-order valence-corrected chi connectivity index (χ3v) is 3.83. The number of nitrogens with zero attached hydrogens (tertiary/aromatic N) is 1. The Balaban J connectivity index is 1.69. The van der Waals surface area contributed by atoms with E-state index in [1.165, 1.54) is 6.21 Å². The Bertz CT molecular complexity index is 764. The maximum Gasteiger partial charge on any atom is 0.240 e. The molecule has 0 fully saturated rings. The van der Waals surface area contributed by atoms with Crippen molar-refractivity contribution in [2.24, 2.45) is 5.10 Å². The van der Waals surface area contributed by atoms with Crippen LogP contribution >= 0.6 is 23.2 Å². The quantitative estimate of drug-likeness (QED) is 0.572. The number of rotatable bonds is 7. The first-order valence-corrected chi connectivity index (χ1v) is 8.38. The van der Waals surface area contributed by atoms with E-state index in [2.05, 4.69) is 15.8 Å². The minimum absolute atomic E-state index is 0.0479. The number of benzene rings is 2. The molecule has 0 aromatic heterocycles. The van der Waals surface area contributed by atoms with Crippen LogP contribution in [0.3, 0.4) is 0 Å². The molecule has 0 aliphatic carbocycles. The Kier molecular flexibility index (Phi) is 7.44. The van der Waals surface area contributed by atoms with Crippen LogP contribution in [0.5, 0.6) is 0 Å². The molecule has 2 aromatic rings. The Labute approximate surface area is 156 Å². The van der Waals surface area contributed by atoms with E-state index in [-0.39, 0.29) is 24.7 Å². The van der Waals surface area contributed by atoms with Gasteiger partial charge in [0.2, 0.25) is 11.8 Å². The number of halogens is 2. The lowest BCUT2D eigenvalue weighted by Gasteiger charge is -2.05. The summed E-state index contributed by atoms with van der Waals surface area (Å²) in [5, 5.41) is 7.54. The number of hydrogen-bond donors (Lipinski definition) is 2. The summed E-state index contributed by atoms with van der Waals surface area (Å²) in [7, 11) is 0. The monoisotopic (exact) mass is 377 g/mol. The molecule has 0 saturated heterocycles. The van der Waals surface area contributed by atoms with Gasteiger partial charge in [-0.25, -0.2) is 5.43 Å². The Morgan fingerprint density at radius 2 is 1.72 bits per heavy atom. The van der Waals surface area contributed by atoms with E-state index in [4.69, 9.17) is 23.2 Å². The fourth-order valence-electron chi connectivity index (χ4n) is 1.95. The zero-order valence-corrected chi connectivity index (χ0v) is 14.8. The van der Waals surface area contributed by atoms with Crippen molar-refractivity contribution in [2.75, 3.05) is 0 Å². The predicted octanol–water partition coefficient (Wildman–Crippen LogP) is 3.54. The van der Waals surface area contributed by atoms with E-state index in [9.17, 15) is 9.59 Å². The molecule has 2 N–H and O–H groups in total. The maximum absolute atomic E-state index is 11.7. The third kappa shape index (κ3) is 6.95. The molecule has 0 bridgehead atoms. The van der Waals surface area contributed by atoms with Crippen LogP contribution in [0.2, 0.25) is 10.0 Å². The summed E-state index contributed by atoms with van der Waals surface area (Å²) in [4.78, 5) is 23.4. The first kappa shape index (κ1) is 19.0. The number of nitrogens with one attached hydrogen (secondary N) is 2. The van der Waals surface area contributed by atoms with Gasteiger partial charge in [-0.3, -0.25) is 9.59 Å². The second-order valence-electron chi connectivity index (χ2n) is 5.22. The van der Waals surface area contributed by atoms with Crippen molar-refractivity contribution in [1.29, 1.82) is 0 Å². The Hall–Kier alpha value is -2.37. The van der Waals surface area contributed by atoms with Crippen LogP contribution in [0.4, 0.5) is 0 Å². The third-order valence-electron chi connectivity index (χ3n) is 3.27. The van der Waals surface area contributed by atoms with Gasteiger partial charge in [-0.1, -0.05) is 59.6 Å². The molecular formula is C18H17Cl2N3O2. The highest BCUT2D eigenvalue weighted by molar-refractivity contribution is 6.36. The Morgan fingerprint density at radius 1 is 1.00 bits per heavy atom. The number of hydrogen-bond acceptors (Lipinski definition) is 3. The highest BCUT2D eigenvalue weighted by atomic mass is 35.5. The molecule has 0 heterocycles. The normalized spacial score (nSPS) is 10.6. The van der Waals surface area contributed by atoms with Crippen LogP contribution in [0, 0.1) is 0 Å². The van der Waals surface area contributed by atoms with Crippen LogP contribution in [0.15, 0.2) is 53.6 Å². The summed E-state index contributed by atoms with van der Waals surface area (Å²) in [5.41, 5.74) is 4.00. The van der Waals surface area contributed by atoms with E-state index in [1.54, 1.807) is 18.2 Å². The molecule has 7 heteroatoms. The standard InChI is InChI=1S/C18H17Cl2N3O2/c19-15-7-6-14(16(20)10-15)12-22-23-18(25)9-8-17(24)21-11-13-4-2-1-3-5-13/h1-7,10,12H,8-9,11H2,(H,21,24)(H,23,25)/b22-12+. The summed E-state index contributed by atoms with van der Waals surface area (Å²) < 4.78 is 0. The van der Waals surface area contributed by atoms with Crippen molar-refractivity contribution in [3.8, 4) is 0 Å². The molecule has 0 aliphatic heterocycles. The minimum Gasteiger partial charge on any atom is -0.352 e. The molecule has 2 amide bonds. The zero-order chi connectivity index (χ0) is 18.1. The molecule has 130 valence electrons. The fourth-order valence-corrected chi connectivity index (χ4v) is 2.41. The van der Waals surface area contributed by atoms with Crippen molar-refractivity contribution in [3.63, 3.8) is 0 Å². The fraction of sp³-hybridized carbons (Fsp3) is 0.167. The molecule has 2 rings (SSSR count). The molecule has 25 heavy (non-hydrogen) atoms. The van der Waals surface area contributed by atoms with Crippen molar-refractivity contribution < 1.29 is 9.59 Å². The van der Waals surface area contributed by atoms with E-state index in [1.807, 2.05) is 30.3 Å². The van der Waals surface area contributed by atoms with Gasteiger partial charge >= 0.3 is 0 Å². The van der Waals surface area contributed by atoms with Crippen molar-refractivity contribution in [2.45, 2.75) is 19.4 Å². The van der Waals surface area contributed by atoms with Gasteiger partial charge < -0.3 is 5.32 Å². The average Bonchev–Trinajstić information content (AvgIpc) is 2.61. The molecule has 0 radical (unpaired) electrons. The van der Waals surface area contributed by atoms with Crippen LogP contribution in [-0.2, 0) is 16.1 Å². The summed E-state index contributed by atoms with van der Waals surface area (Å²) in [5.74, 6) is -0.542. The average molecular weight is 378 g/mol. The first-order valence-electron chi connectivity index (χ1n) is 7.62. The number of amides is 2. The van der Waals surface area contributed by atoms with E-state index in [0.717, 1.165) is 5.56 Å². The van der Waals surface area contributed by atoms with Crippen molar-refractivity contribution >= 4 is 41.2 Å². The van der Waals surface area contributed by atoms with Gasteiger partial charge in [0, 0.05) is 30.0 Å². The van der Waals surface area contributed by atoms with Gasteiger partial charge in [-0.05, 0) is 17.7 Å². The van der Waals surface area contributed by atoms with Gasteiger partial charge in [0.05, 0.1) is 11.2 Å². The minimum atomic E-state index is -0.351. The predicted molar refractivity (Wildman–Crippen MR) is 99.7 cm³/mol. The molecule has 2 aromatic carbocycles. The SMILES string of the molecule is O=C(CCC(=O)N/N=C/c1ccc(Cl)cc1Cl)NCc1ccccc1. The molecule has 5 nitrogen and oxygen atoms in total. The van der Waals surface area contributed by atoms with E-state index >= 15 is 0 Å². The van der Waals surface area contributed by atoms with Gasteiger partial charge in [-0.15, -0.1) is 0 Å². The number of carbonyl (C=O) groups is 2. The van der Waals surface area contributed by atoms with Gasteiger partial charge in [0.15, 0.2) is 0 Å². The van der Waals surface area contributed by atoms with Crippen LogP contribution in [0.1, 0.15) is 24.0 Å². The topological polar surface area (TPSA) is 70.6 Å². The molecule has 0 aliphatic rings. The summed E-state index contributed by atoms with van der Waals surface area (Å²) >= 11 is 11.8. The smallest absolute Gasteiger partial charge is 0.240 e. The highest BCUT2D eigenvalue weighted by Gasteiger charge is 2.06. The van der Waals surface area contributed by atoms with E-state index < -0.39 is 0 Å². The summed E-state index contributed by atoms with van der Waals surface area (Å²) in [6.45, 7) is 0.439. The number of carbonyl (C=O) groups excluding carboxylic acids is 2. The van der Waals surface area contributed by atoms with Crippen molar-refractivity contribution in [3.05, 3.63) is 69.7 Å². The van der Waals surface area contributed by atoms with E-state index in [0.29, 0.717) is 22.2 Å². The molecule has 0 saturated carbocycles. The molecule has 0 atom stereocenters. The highest BCUT2D eigenvalue weighted by Crippen LogP contribution is 2.19. The van der Waals surface area contributed by atoms with Gasteiger partial charge in [-0.2, -0.15) is 5.10 Å². The van der Waals surface area contributed by atoms with Crippen LogP contribution < -0.4 is 10.7 Å². The maximum atomic E-state index is 11.7. The number of hydrazone groups is 1.